The zero-order valence-corrected chi connectivity index (χ0v) is 26.5. The van der Waals surface area contributed by atoms with Gasteiger partial charge in [0, 0.05) is 40.2 Å². The fourth-order valence-electron chi connectivity index (χ4n) is 6.06. The number of pyridine rings is 1. The Morgan fingerprint density at radius 2 is 1.30 bits per heavy atom. The number of hydrogen-bond donors (Lipinski definition) is 0. The van der Waals surface area contributed by atoms with Crippen LogP contribution in [0, 0.1) is 0 Å². The Kier molecular flexibility index (Phi) is 6.91. The highest BCUT2D eigenvalue weighted by Gasteiger charge is 2.19. The van der Waals surface area contributed by atoms with Crippen LogP contribution in [-0.2, 0) is 5.41 Å². The lowest BCUT2D eigenvalue weighted by molar-refractivity contribution is 0.483. The van der Waals surface area contributed by atoms with Crippen LogP contribution < -0.4 is 4.74 Å². The number of benzene rings is 5. The van der Waals surface area contributed by atoms with Gasteiger partial charge in [0.05, 0.1) is 16.7 Å². The molecule has 0 saturated heterocycles. The average molecular weight is 612 g/mol. The van der Waals surface area contributed by atoms with Gasteiger partial charge < -0.3 is 4.74 Å². The minimum atomic E-state index is 0.00205. The van der Waals surface area contributed by atoms with E-state index in [1.807, 2.05) is 89.7 Å². The molecule has 0 bridgehead atoms. The highest BCUT2D eigenvalue weighted by Crippen LogP contribution is 2.36. The molecule has 8 rings (SSSR count). The van der Waals surface area contributed by atoms with Gasteiger partial charge in [0.25, 0.3) is 0 Å². The minimum Gasteiger partial charge on any atom is -0.457 e. The van der Waals surface area contributed by atoms with E-state index >= 15 is 0 Å². The van der Waals surface area contributed by atoms with Gasteiger partial charge in [-0.15, -0.1) is 5.10 Å². The molecule has 6 nitrogen and oxygen atoms in total. The Bertz CT molecular complexity index is 2370. The number of aromatic nitrogens is 5. The number of ether oxygens (including phenoxy) is 1. The molecule has 3 aromatic heterocycles. The topological polar surface area (TPSA) is 57.8 Å². The fraction of sp³-hybridized carbons (Fsp3) is 0.0976. The molecular formula is C41H33N5O. The minimum absolute atomic E-state index is 0.00205. The predicted molar refractivity (Wildman–Crippen MR) is 190 cm³/mol. The van der Waals surface area contributed by atoms with Crippen molar-refractivity contribution in [3.8, 4) is 45.8 Å². The Hall–Kier alpha value is -6.01. The van der Waals surface area contributed by atoms with E-state index in [4.69, 9.17) is 19.8 Å². The van der Waals surface area contributed by atoms with Gasteiger partial charge in [-0.3, -0.25) is 4.57 Å². The van der Waals surface area contributed by atoms with Crippen molar-refractivity contribution >= 4 is 21.8 Å². The summed E-state index contributed by atoms with van der Waals surface area (Å²) in [6, 6.07) is 47.2. The van der Waals surface area contributed by atoms with Crippen molar-refractivity contribution in [1.82, 2.24) is 24.3 Å². The lowest BCUT2D eigenvalue weighted by atomic mass is 9.88. The van der Waals surface area contributed by atoms with Crippen LogP contribution in [0.4, 0.5) is 0 Å². The average Bonchev–Trinajstić information content (AvgIpc) is 3.69. The summed E-state index contributed by atoms with van der Waals surface area (Å²) in [5.74, 6) is 3.75. The van der Waals surface area contributed by atoms with E-state index < -0.39 is 0 Å². The van der Waals surface area contributed by atoms with Crippen molar-refractivity contribution in [2.75, 3.05) is 0 Å². The molecule has 0 aliphatic heterocycles. The molecule has 0 aliphatic carbocycles. The third-order valence-corrected chi connectivity index (χ3v) is 8.45. The van der Waals surface area contributed by atoms with E-state index in [0.29, 0.717) is 11.6 Å². The zero-order chi connectivity index (χ0) is 32.0. The van der Waals surface area contributed by atoms with Crippen LogP contribution in [0.3, 0.4) is 0 Å². The zero-order valence-electron chi connectivity index (χ0n) is 26.5. The van der Waals surface area contributed by atoms with E-state index in [2.05, 4.69) is 86.0 Å². The molecule has 0 radical (unpaired) electrons. The largest absolute Gasteiger partial charge is 0.457 e. The molecule has 47 heavy (non-hydrogen) atoms. The van der Waals surface area contributed by atoms with Crippen molar-refractivity contribution in [2.45, 2.75) is 26.2 Å². The molecule has 0 spiro atoms. The summed E-state index contributed by atoms with van der Waals surface area (Å²) in [5, 5.41) is 7.27. The second-order valence-corrected chi connectivity index (χ2v) is 12.7. The van der Waals surface area contributed by atoms with E-state index in [0.717, 1.165) is 50.6 Å². The first-order valence-corrected chi connectivity index (χ1v) is 15.8. The van der Waals surface area contributed by atoms with E-state index in [1.165, 1.54) is 10.9 Å². The highest BCUT2D eigenvalue weighted by atomic mass is 16.5. The molecule has 6 heteroatoms. The molecule has 3 heterocycles. The molecule has 0 amide bonds. The quantitative estimate of drug-likeness (QED) is 0.188. The SMILES string of the molecule is CC(C)(C)c1ccnc(-n2c3ccccc3c3ccc(Oc4cccc(-n5nc(-c6ccccc6)nc5-c5ccccc5)c4)cc32)c1. The molecule has 5 aromatic carbocycles. The third kappa shape index (κ3) is 5.34. The molecule has 0 aliphatic rings. The summed E-state index contributed by atoms with van der Waals surface area (Å²) in [6.07, 6.45) is 1.90. The molecule has 0 fully saturated rings. The van der Waals surface area contributed by atoms with Crippen molar-refractivity contribution in [1.29, 1.82) is 0 Å². The maximum atomic E-state index is 6.56. The van der Waals surface area contributed by atoms with Crippen LogP contribution in [-0.4, -0.2) is 24.3 Å². The maximum absolute atomic E-state index is 6.56. The fourth-order valence-corrected chi connectivity index (χ4v) is 6.06. The number of para-hydroxylation sites is 1. The van der Waals surface area contributed by atoms with Gasteiger partial charge in [-0.2, -0.15) is 0 Å². The Morgan fingerprint density at radius 1 is 0.596 bits per heavy atom. The normalized spacial score (nSPS) is 11.7. The Balaban J connectivity index is 1.21. The van der Waals surface area contributed by atoms with E-state index in [9.17, 15) is 0 Å². The van der Waals surface area contributed by atoms with Crippen molar-refractivity contribution in [2.24, 2.45) is 0 Å². The van der Waals surface area contributed by atoms with Gasteiger partial charge in [-0.05, 0) is 53.4 Å². The standard InChI is InChI=1S/C41H33N5O/c1-41(2,3)30-23-24-42-38(25-30)45-36-20-11-10-19-34(36)35-22-21-33(27-37(35)45)47-32-18-12-17-31(26-32)46-40(29-15-8-5-9-16-29)43-39(44-46)28-13-6-4-7-14-28/h4-27H,1-3H3. The first-order chi connectivity index (χ1) is 22.9. The van der Waals surface area contributed by atoms with Gasteiger partial charge in [0.15, 0.2) is 11.6 Å². The van der Waals surface area contributed by atoms with Crippen LogP contribution in [0.25, 0.3) is 56.1 Å². The summed E-state index contributed by atoms with van der Waals surface area (Å²) in [6.45, 7) is 6.67. The van der Waals surface area contributed by atoms with Gasteiger partial charge in [0.2, 0.25) is 0 Å². The summed E-state index contributed by atoms with van der Waals surface area (Å²) in [4.78, 5) is 9.78. The molecular weight excluding hydrogens is 578 g/mol. The van der Waals surface area contributed by atoms with Crippen molar-refractivity contribution in [3.63, 3.8) is 0 Å². The van der Waals surface area contributed by atoms with E-state index in [1.54, 1.807) is 0 Å². The lowest BCUT2D eigenvalue weighted by Gasteiger charge is -2.20. The Labute approximate surface area is 273 Å². The monoisotopic (exact) mass is 611 g/mol. The lowest BCUT2D eigenvalue weighted by Crippen LogP contribution is -2.12. The number of rotatable bonds is 6. The molecule has 0 unspecified atom stereocenters. The predicted octanol–water partition coefficient (Wildman–Crippen LogP) is 10.2. The van der Waals surface area contributed by atoms with Gasteiger partial charge >= 0.3 is 0 Å². The smallest absolute Gasteiger partial charge is 0.182 e. The summed E-state index contributed by atoms with van der Waals surface area (Å²) in [5.41, 5.74) is 6.17. The van der Waals surface area contributed by atoms with Gasteiger partial charge in [-0.1, -0.05) is 106 Å². The summed E-state index contributed by atoms with van der Waals surface area (Å²) in [7, 11) is 0. The summed E-state index contributed by atoms with van der Waals surface area (Å²) >= 11 is 0. The van der Waals surface area contributed by atoms with Gasteiger partial charge in [-0.25, -0.2) is 14.6 Å². The van der Waals surface area contributed by atoms with Crippen LogP contribution in [0.15, 0.2) is 146 Å². The van der Waals surface area contributed by atoms with Crippen LogP contribution in [0.5, 0.6) is 11.5 Å². The van der Waals surface area contributed by atoms with Crippen LogP contribution >= 0.6 is 0 Å². The second kappa shape index (κ2) is 11.4. The first kappa shape index (κ1) is 28.5. The van der Waals surface area contributed by atoms with Crippen LogP contribution in [0.2, 0.25) is 0 Å². The Morgan fingerprint density at radius 3 is 2.09 bits per heavy atom. The molecule has 8 aromatic rings. The molecule has 0 atom stereocenters. The number of fused-ring (bicyclic) bond motifs is 3. The second-order valence-electron chi connectivity index (χ2n) is 12.7. The van der Waals surface area contributed by atoms with Gasteiger partial charge in [0.1, 0.15) is 17.3 Å². The van der Waals surface area contributed by atoms with Crippen molar-refractivity contribution in [3.05, 3.63) is 151 Å². The van der Waals surface area contributed by atoms with E-state index in [-0.39, 0.29) is 5.41 Å². The number of nitrogens with zero attached hydrogens (tertiary/aromatic N) is 5. The third-order valence-electron chi connectivity index (χ3n) is 8.45. The summed E-state index contributed by atoms with van der Waals surface area (Å²) < 4.78 is 10.7. The van der Waals surface area contributed by atoms with Crippen molar-refractivity contribution < 1.29 is 4.74 Å². The number of hydrogen-bond acceptors (Lipinski definition) is 4. The first-order valence-electron chi connectivity index (χ1n) is 15.8. The molecule has 228 valence electrons. The maximum Gasteiger partial charge on any atom is 0.182 e. The van der Waals surface area contributed by atoms with Crippen LogP contribution in [0.1, 0.15) is 26.3 Å². The highest BCUT2D eigenvalue weighted by molar-refractivity contribution is 6.09. The molecule has 0 N–H and O–H groups in total. The molecule has 0 saturated carbocycles.